The van der Waals surface area contributed by atoms with Crippen molar-refractivity contribution in [3.8, 4) is 11.3 Å². The summed E-state index contributed by atoms with van der Waals surface area (Å²) >= 11 is 1.00. The summed E-state index contributed by atoms with van der Waals surface area (Å²) in [5, 5.41) is 4.58. The molecule has 0 spiro atoms. The van der Waals surface area contributed by atoms with Gasteiger partial charge in [-0.25, -0.2) is 4.39 Å². The third-order valence-corrected chi connectivity index (χ3v) is 5.28. The molecule has 0 aliphatic heterocycles. The summed E-state index contributed by atoms with van der Waals surface area (Å²) in [5.74, 6) is -0.393. The largest absolute Gasteiger partial charge is 0.354 e. The number of hydrogen-bond acceptors (Lipinski definition) is 3. The molecule has 0 unspecified atom stereocenters. The SMILES string of the molecule is CC[C@H](CNC(=O)Cn1c(-c2cccc(F)c2)csc1=O)c1ccccc1. The molecular weight excluding hydrogens is 363 g/mol. The highest BCUT2D eigenvalue weighted by molar-refractivity contribution is 7.07. The molecule has 1 atom stereocenters. The van der Waals surface area contributed by atoms with E-state index < -0.39 is 0 Å². The van der Waals surface area contributed by atoms with Crippen LogP contribution in [0.25, 0.3) is 11.3 Å². The first kappa shape index (κ1) is 19.0. The number of halogens is 1. The van der Waals surface area contributed by atoms with Crippen LogP contribution in [0.15, 0.2) is 64.8 Å². The molecule has 0 radical (unpaired) electrons. The van der Waals surface area contributed by atoms with E-state index in [4.69, 9.17) is 0 Å². The van der Waals surface area contributed by atoms with Crippen LogP contribution in [0, 0.1) is 5.82 Å². The van der Waals surface area contributed by atoms with Crippen LogP contribution < -0.4 is 10.2 Å². The van der Waals surface area contributed by atoms with Gasteiger partial charge in [-0.3, -0.25) is 14.2 Å². The molecule has 1 aromatic heterocycles. The Morgan fingerprint density at radius 2 is 1.96 bits per heavy atom. The maximum Gasteiger partial charge on any atom is 0.308 e. The number of carbonyl (C=O) groups excluding carboxylic acids is 1. The lowest BCUT2D eigenvalue weighted by atomic mass is 9.96. The predicted octanol–water partition coefficient (Wildman–Crippen LogP) is 4.03. The maximum atomic E-state index is 13.5. The molecule has 0 bridgehead atoms. The second-order valence-electron chi connectivity index (χ2n) is 6.30. The number of amides is 1. The van der Waals surface area contributed by atoms with Gasteiger partial charge < -0.3 is 5.32 Å². The quantitative estimate of drug-likeness (QED) is 0.669. The van der Waals surface area contributed by atoms with Gasteiger partial charge in [0.05, 0.1) is 5.69 Å². The summed E-state index contributed by atoms with van der Waals surface area (Å²) in [6.07, 6.45) is 0.900. The normalized spacial score (nSPS) is 11.9. The van der Waals surface area contributed by atoms with Crippen LogP contribution in [-0.4, -0.2) is 17.0 Å². The third-order valence-electron chi connectivity index (χ3n) is 4.51. The van der Waals surface area contributed by atoms with Crippen molar-refractivity contribution in [3.63, 3.8) is 0 Å². The molecule has 6 heteroatoms. The van der Waals surface area contributed by atoms with E-state index in [1.165, 1.54) is 22.3 Å². The standard InChI is InChI=1S/C21H21FN2O2S/c1-2-15(16-7-4-3-5-8-16)12-23-20(25)13-24-19(14-27-21(24)26)17-9-6-10-18(22)11-17/h3-11,14-15H,2,12-13H2,1H3,(H,23,25)/t15-/m1/s1. The smallest absolute Gasteiger partial charge is 0.308 e. The molecule has 3 aromatic rings. The van der Waals surface area contributed by atoms with Crippen LogP contribution in [-0.2, 0) is 11.3 Å². The summed E-state index contributed by atoms with van der Waals surface area (Å²) in [6, 6.07) is 16.0. The first-order chi connectivity index (χ1) is 13.1. The van der Waals surface area contributed by atoms with E-state index in [9.17, 15) is 14.0 Å². The Morgan fingerprint density at radius 3 is 2.67 bits per heavy atom. The zero-order valence-electron chi connectivity index (χ0n) is 15.0. The van der Waals surface area contributed by atoms with Gasteiger partial charge in [0.15, 0.2) is 0 Å². The molecule has 27 heavy (non-hydrogen) atoms. The second-order valence-corrected chi connectivity index (χ2v) is 7.12. The number of aromatic nitrogens is 1. The fourth-order valence-electron chi connectivity index (χ4n) is 3.01. The molecular formula is C21H21FN2O2S. The van der Waals surface area contributed by atoms with Crippen molar-refractivity contribution in [2.24, 2.45) is 0 Å². The highest BCUT2D eigenvalue weighted by Crippen LogP contribution is 2.21. The Labute approximate surface area is 161 Å². The Morgan fingerprint density at radius 1 is 1.19 bits per heavy atom. The van der Waals surface area contributed by atoms with Gasteiger partial charge in [0, 0.05) is 23.4 Å². The van der Waals surface area contributed by atoms with E-state index in [-0.39, 0.29) is 29.1 Å². The van der Waals surface area contributed by atoms with Crippen molar-refractivity contribution in [1.29, 1.82) is 0 Å². The molecule has 1 N–H and O–H groups in total. The lowest BCUT2D eigenvalue weighted by molar-refractivity contribution is -0.121. The molecule has 0 aliphatic carbocycles. The van der Waals surface area contributed by atoms with Crippen LogP contribution in [0.3, 0.4) is 0 Å². The van der Waals surface area contributed by atoms with E-state index in [1.54, 1.807) is 17.5 Å². The molecule has 0 aliphatic rings. The Hall–Kier alpha value is -2.73. The molecule has 0 saturated heterocycles. The summed E-state index contributed by atoms with van der Waals surface area (Å²) in [7, 11) is 0. The first-order valence-corrected chi connectivity index (χ1v) is 9.72. The number of rotatable bonds is 7. The maximum absolute atomic E-state index is 13.5. The Bertz CT molecular complexity index is 966. The number of nitrogens with one attached hydrogen (secondary N) is 1. The van der Waals surface area contributed by atoms with Crippen molar-refractivity contribution in [3.05, 3.63) is 81.0 Å². The third kappa shape index (κ3) is 4.71. The zero-order chi connectivity index (χ0) is 19.2. The fourth-order valence-corrected chi connectivity index (χ4v) is 3.78. The topological polar surface area (TPSA) is 51.1 Å². The number of hydrogen-bond donors (Lipinski definition) is 1. The zero-order valence-corrected chi connectivity index (χ0v) is 15.8. The van der Waals surface area contributed by atoms with Gasteiger partial charge in [-0.15, -0.1) is 0 Å². The van der Waals surface area contributed by atoms with Crippen molar-refractivity contribution < 1.29 is 9.18 Å². The van der Waals surface area contributed by atoms with Crippen molar-refractivity contribution in [2.75, 3.05) is 6.54 Å². The minimum Gasteiger partial charge on any atom is -0.354 e. The van der Waals surface area contributed by atoms with E-state index in [0.717, 1.165) is 17.8 Å². The molecule has 0 saturated carbocycles. The lowest BCUT2D eigenvalue weighted by Crippen LogP contribution is -2.33. The van der Waals surface area contributed by atoms with Gasteiger partial charge in [-0.05, 0) is 24.1 Å². The highest BCUT2D eigenvalue weighted by Gasteiger charge is 2.15. The lowest BCUT2D eigenvalue weighted by Gasteiger charge is -2.16. The van der Waals surface area contributed by atoms with Gasteiger partial charge >= 0.3 is 4.87 Å². The van der Waals surface area contributed by atoms with Crippen molar-refractivity contribution in [2.45, 2.75) is 25.8 Å². The Balaban J connectivity index is 1.70. The monoisotopic (exact) mass is 384 g/mol. The molecule has 1 heterocycles. The number of thiazole rings is 1. The van der Waals surface area contributed by atoms with Gasteiger partial charge in [-0.2, -0.15) is 0 Å². The average Bonchev–Trinajstić information content (AvgIpc) is 3.03. The molecule has 1 amide bonds. The van der Waals surface area contributed by atoms with E-state index >= 15 is 0 Å². The fraction of sp³-hybridized carbons (Fsp3) is 0.238. The summed E-state index contributed by atoms with van der Waals surface area (Å²) < 4.78 is 14.9. The molecule has 2 aromatic carbocycles. The van der Waals surface area contributed by atoms with Gasteiger partial charge in [0.1, 0.15) is 12.4 Å². The summed E-state index contributed by atoms with van der Waals surface area (Å²) in [6.45, 7) is 2.50. The summed E-state index contributed by atoms with van der Waals surface area (Å²) in [5.41, 5.74) is 2.31. The van der Waals surface area contributed by atoms with Crippen LogP contribution in [0.5, 0.6) is 0 Å². The van der Waals surface area contributed by atoms with Gasteiger partial charge in [0.2, 0.25) is 5.91 Å². The Kier molecular flexibility index (Phi) is 6.19. The van der Waals surface area contributed by atoms with Crippen LogP contribution in [0.4, 0.5) is 4.39 Å². The minimum atomic E-state index is -0.379. The van der Waals surface area contributed by atoms with Crippen LogP contribution >= 0.6 is 11.3 Å². The second kappa shape index (κ2) is 8.77. The molecule has 140 valence electrons. The predicted molar refractivity (Wildman–Crippen MR) is 106 cm³/mol. The summed E-state index contributed by atoms with van der Waals surface area (Å²) in [4.78, 5) is 24.3. The minimum absolute atomic E-state index is 0.0839. The van der Waals surface area contributed by atoms with Crippen molar-refractivity contribution in [1.82, 2.24) is 9.88 Å². The van der Waals surface area contributed by atoms with Gasteiger partial charge in [-0.1, -0.05) is 60.7 Å². The van der Waals surface area contributed by atoms with Gasteiger partial charge in [0.25, 0.3) is 0 Å². The average molecular weight is 384 g/mol. The molecule has 3 rings (SSSR count). The highest BCUT2D eigenvalue weighted by atomic mass is 32.1. The number of benzene rings is 2. The van der Waals surface area contributed by atoms with Crippen LogP contribution in [0.2, 0.25) is 0 Å². The number of carbonyl (C=O) groups is 1. The van der Waals surface area contributed by atoms with E-state index in [2.05, 4.69) is 12.2 Å². The van der Waals surface area contributed by atoms with Crippen molar-refractivity contribution >= 4 is 17.2 Å². The first-order valence-electron chi connectivity index (χ1n) is 8.84. The van der Waals surface area contributed by atoms with Crippen LogP contribution in [0.1, 0.15) is 24.8 Å². The van der Waals surface area contributed by atoms with E-state index in [0.29, 0.717) is 17.8 Å². The molecule has 0 fully saturated rings. The van der Waals surface area contributed by atoms with E-state index in [1.807, 2.05) is 30.3 Å². The molecule has 4 nitrogen and oxygen atoms in total. The number of nitrogens with zero attached hydrogens (tertiary/aromatic N) is 1.